The third-order valence-corrected chi connectivity index (χ3v) is 5.74. The smallest absolute Gasteiger partial charge is 0.333 e. The molecule has 0 saturated heterocycles. The Labute approximate surface area is 158 Å². The highest BCUT2D eigenvalue weighted by Gasteiger charge is 2.37. The number of rotatable bonds is 3. The second-order valence-electron chi connectivity index (χ2n) is 8.57. The van der Waals surface area contributed by atoms with Gasteiger partial charge in [0.15, 0.2) is 5.78 Å². The van der Waals surface area contributed by atoms with Crippen molar-refractivity contribution in [3.63, 3.8) is 0 Å². The summed E-state index contributed by atoms with van der Waals surface area (Å²) in [5, 5.41) is 9.49. The fraction of sp³-hybridized carbons (Fsp3) is 0.476. The second kappa shape index (κ2) is 5.85. The van der Waals surface area contributed by atoms with E-state index in [1.165, 1.54) is 4.57 Å². The van der Waals surface area contributed by atoms with Crippen LogP contribution in [0, 0.1) is 16.7 Å². The Bertz CT molecular complexity index is 1050. The second-order valence-corrected chi connectivity index (χ2v) is 8.57. The van der Waals surface area contributed by atoms with E-state index < -0.39 is 0 Å². The van der Waals surface area contributed by atoms with Crippen LogP contribution in [0.25, 0.3) is 5.69 Å². The van der Waals surface area contributed by atoms with E-state index in [1.54, 1.807) is 23.7 Å². The molecule has 0 unspecified atom stereocenters. The predicted molar refractivity (Wildman–Crippen MR) is 104 cm³/mol. The summed E-state index contributed by atoms with van der Waals surface area (Å²) < 4.78 is 3.12. The highest BCUT2D eigenvalue weighted by atomic mass is 16.2. The predicted octanol–water partition coefficient (Wildman–Crippen LogP) is 2.80. The summed E-state index contributed by atoms with van der Waals surface area (Å²) in [4.78, 5) is 27.8. The normalized spacial score (nSPS) is 18.1. The molecular weight excluding hydrogens is 340 g/mol. The largest absolute Gasteiger partial charge is 0.370 e. The quantitative estimate of drug-likeness (QED) is 0.840. The van der Waals surface area contributed by atoms with Crippen LogP contribution in [-0.2, 0) is 13.5 Å². The van der Waals surface area contributed by atoms with E-state index in [-0.39, 0.29) is 16.9 Å². The van der Waals surface area contributed by atoms with E-state index in [0.717, 1.165) is 24.2 Å². The molecule has 0 aliphatic heterocycles. The lowest BCUT2D eigenvalue weighted by molar-refractivity contribution is 0.0901. The summed E-state index contributed by atoms with van der Waals surface area (Å²) in [6, 6.07) is 8.18. The van der Waals surface area contributed by atoms with Crippen LogP contribution in [0.15, 0.2) is 23.0 Å². The fourth-order valence-electron chi connectivity index (χ4n) is 4.18. The Kier molecular flexibility index (Phi) is 3.81. The summed E-state index contributed by atoms with van der Waals surface area (Å²) >= 11 is 0. The molecule has 1 heterocycles. The van der Waals surface area contributed by atoms with Crippen LogP contribution in [0.4, 0.5) is 5.69 Å². The number of anilines is 1. The molecule has 6 nitrogen and oxygen atoms in total. The van der Waals surface area contributed by atoms with Crippen LogP contribution in [-0.4, -0.2) is 28.0 Å². The van der Waals surface area contributed by atoms with Gasteiger partial charge >= 0.3 is 5.69 Å². The molecule has 27 heavy (non-hydrogen) atoms. The number of nitrogens with zero attached hydrogens (tertiary/aromatic N) is 4. The summed E-state index contributed by atoms with van der Waals surface area (Å²) in [7, 11) is 3.66. The van der Waals surface area contributed by atoms with Crippen molar-refractivity contribution >= 4 is 11.5 Å². The maximum absolute atomic E-state index is 13.0. The first-order chi connectivity index (χ1) is 12.7. The minimum absolute atomic E-state index is 0.0172. The number of hydrogen-bond acceptors (Lipinski definition) is 4. The Hall–Kier alpha value is -2.81. The molecular formula is C21H24N4O2. The number of aromatic nitrogens is 2. The van der Waals surface area contributed by atoms with Gasteiger partial charge in [-0.2, -0.15) is 5.26 Å². The molecule has 0 atom stereocenters. The lowest BCUT2D eigenvalue weighted by Gasteiger charge is -2.29. The molecule has 2 aromatic rings. The highest BCUT2D eigenvalue weighted by molar-refractivity contribution is 5.97. The van der Waals surface area contributed by atoms with Crippen LogP contribution in [0.1, 0.15) is 54.9 Å². The summed E-state index contributed by atoms with van der Waals surface area (Å²) in [6.07, 6.45) is 3.35. The standard InChI is InChI=1S/C21H24N4O2/c1-21(2)10-17-19(18(26)11-21)24(4)20(27)25(17)15-6-5-13(12-22)16(9-15)23(3)14-7-8-14/h5-6,9,14H,7-8,10-11H2,1-4H3. The van der Waals surface area contributed by atoms with Crippen LogP contribution in [0.5, 0.6) is 0 Å². The average Bonchev–Trinajstić information content (AvgIpc) is 3.41. The number of hydrogen-bond donors (Lipinski definition) is 0. The minimum Gasteiger partial charge on any atom is -0.370 e. The van der Waals surface area contributed by atoms with Gasteiger partial charge < -0.3 is 4.90 Å². The summed E-state index contributed by atoms with van der Waals surface area (Å²) in [5.41, 5.74) is 3.04. The molecule has 1 saturated carbocycles. The Morgan fingerprint density at radius 3 is 2.56 bits per heavy atom. The molecule has 0 amide bonds. The van der Waals surface area contributed by atoms with Gasteiger partial charge in [-0.3, -0.25) is 13.9 Å². The van der Waals surface area contributed by atoms with Crippen LogP contribution in [0.2, 0.25) is 0 Å². The first kappa shape index (κ1) is 17.6. The van der Waals surface area contributed by atoms with Gasteiger partial charge in [0.1, 0.15) is 11.8 Å². The van der Waals surface area contributed by atoms with Crippen molar-refractivity contribution in [2.24, 2.45) is 12.5 Å². The zero-order valence-electron chi connectivity index (χ0n) is 16.2. The number of carbonyl (C=O) groups is 1. The first-order valence-electron chi connectivity index (χ1n) is 9.34. The topological polar surface area (TPSA) is 71.0 Å². The average molecular weight is 364 g/mol. The third-order valence-electron chi connectivity index (χ3n) is 5.74. The summed E-state index contributed by atoms with van der Waals surface area (Å²) in [6.45, 7) is 4.11. The molecule has 2 aliphatic rings. The monoisotopic (exact) mass is 364 g/mol. The van der Waals surface area contributed by atoms with Crippen molar-refractivity contribution in [3.05, 3.63) is 45.6 Å². The lowest BCUT2D eigenvalue weighted by atomic mass is 9.77. The van der Waals surface area contributed by atoms with Gasteiger partial charge in [-0.15, -0.1) is 0 Å². The molecule has 0 radical (unpaired) electrons. The molecule has 1 aromatic heterocycles. The molecule has 1 fully saturated rings. The number of benzene rings is 1. The Morgan fingerprint density at radius 2 is 1.93 bits per heavy atom. The third kappa shape index (κ3) is 2.78. The SMILES string of the molecule is CN(c1cc(-n2c3c(n(C)c2=O)C(=O)CC(C)(C)C3)ccc1C#N)C1CC1. The van der Waals surface area contributed by atoms with Gasteiger partial charge in [-0.25, -0.2) is 4.79 Å². The number of nitriles is 1. The minimum atomic E-state index is -0.212. The van der Waals surface area contributed by atoms with E-state index >= 15 is 0 Å². The Morgan fingerprint density at radius 1 is 1.22 bits per heavy atom. The van der Waals surface area contributed by atoms with Gasteiger partial charge in [0, 0.05) is 26.6 Å². The van der Waals surface area contributed by atoms with Crippen LogP contribution < -0.4 is 10.6 Å². The van der Waals surface area contributed by atoms with E-state index in [0.29, 0.717) is 35.8 Å². The van der Waals surface area contributed by atoms with Crippen LogP contribution in [0.3, 0.4) is 0 Å². The number of ketones is 1. The van der Waals surface area contributed by atoms with Crippen molar-refractivity contribution in [1.29, 1.82) is 5.26 Å². The van der Waals surface area contributed by atoms with Crippen molar-refractivity contribution < 1.29 is 4.79 Å². The fourth-order valence-corrected chi connectivity index (χ4v) is 4.18. The molecule has 1 aromatic carbocycles. The maximum Gasteiger partial charge on any atom is 0.333 e. The molecule has 6 heteroatoms. The van der Waals surface area contributed by atoms with E-state index in [4.69, 9.17) is 0 Å². The number of imidazole rings is 1. The van der Waals surface area contributed by atoms with Gasteiger partial charge in [0.05, 0.1) is 22.6 Å². The first-order valence-corrected chi connectivity index (χ1v) is 9.34. The number of fused-ring (bicyclic) bond motifs is 1. The molecule has 0 N–H and O–H groups in total. The zero-order valence-corrected chi connectivity index (χ0v) is 16.2. The van der Waals surface area contributed by atoms with E-state index in [9.17, 15) is 14.9 Å². The molecule has 2 aliphatic carbocycles. The van der Waals surface area contributed by atoms with Gasteiger partial charge in [-0.1, -0.05) is 13.8 Å². The maximum atomic E-state index is 13.0. The lowest BCUT2D eigenvalue weighted by Crippen LogP contribution is -2.29. The van der Waals surface area contributed by atoms with Gasteiger partial charge in [0.25, 0.3) is 0 Å². The van der Waals surface area contributed by atoms with Crippen molar-refractivity contribution in [2.75, 3.05) is 11.9 Å². The van der Waals surface area contributed by atoms with Crippen molar-refractivity contribution in [1.82, 2.24) is 9.13 Å². The van der Waals surface area contributed by atoms with Crippen molar-refractivity contribution in [3.8, 4) is 11.8 Å². The number of Topliss-reactive ketones (excluding diaryl/α,β-unsaturated/α-hetero) is 1. The molecule has 4 rings (SSSR count). The summed E-state index contributed by atoms with van der Waals surface area (Å²) in [5.74, 6) is 0.0172. The zero-order chi connectivity index (χ0) is 19.5. The van der Waals surface area contributed by atoms with E-state index in [2.05, 4.69) is 24.8 Å². The Balaban J connectivity index is 1.92. The van der Waals surface area contributed by atoms with Gasteiger partial charge in [-0.05, 0) is 42.9 Å². The molecule has 0 bridgehead atoms. The highest BCUT2D eigenvalue weighted by Crippen LogP contribution is 2.37. The number of carbonyl (C=O) groups excluding carboxylic acids is 1. The van der Waals surface area contributed by atoms with Crippen molar-refractivity contribution in [2.45, 2.75) is 45.6 Å². The van der Waals surface area contributed by atoms with Crippen LogP contribution >= 0.6 is 0 Å². The molecule has 0 spiro atoms. The van der Waals surface area contributed by atoms with Gasteiger partial charge in [0.2, 0.25) is 0 Å². The molecule has 140 valence electrons. The van der Waals surface area contributed by atoms with E-state index in [1.807, 2.05) is 13.1 Å².